The molecule has 8 nitrogen and oxygen atoms in total. The molecule has 1 aromatic rings. The number of carboxylic acid groups (broad SMARTS) is 1. The summed E-state index contributed by atoms with van der Waals surface area (Å²) < 4.78 is 14.3. The Morgan fingerprint density at radius 3 is 2.88 bits per heavy atom. The van der Waals surface area contributed by atoms with Gasteiger partial charge in [-0.3, -0.25) is 9.59 Å². The van der Waals surface area contributed by atoms with Gasteiger partial charge in [0.2, 0.25) is 5.91 Å². The summed E-state index contributed by atoms with van der Waals surface area (Å²) in [7, 11) is 3.39. The van der Waals surface area contributed by atoms with Gasteiger partial charge in [0.15, 0.2) is 11.0 Å². The number of halogens is 1. The average molecular weight is 363 g/mol. The number of nitrogens with zero attached hydrogens (tertiary/aromatic N) is 4. The zero-order valence-corrected chi connectivity index (χ0v) is 14.2. The van der Waals surface area contributed by atoms with E-state index in [9.17, 15) is 14.0 Å². The number of carbonyl (C=O) groups excluding carboxylic acids is 1. The van der Waals surface area contributed by atoms with Crippen LogP contribution in [0.15, 0.2) is 22.3 Å². The van der Waals surface area contributed by atoms with Crippen molar-refractivity contribution in [3.63, 3.8) is 0 Å². The summed E-state index contributed by atoms with van der Waals surface area (Å²) in [4.78, 5) is 23.8. The van der Waals surface area contributed by atoms with E-state index >= 15 is 0 Å². The topological polar surface area (TPSA) is 118 Å². The number of hydrogen-bond acceptors (Lipinski definition) is 7. The predicted octanol–water partition coefficient (Wildman–Crippen LogP) is 1.16. The van der Waals surface area contributed by atoms with Crippen LogP contribution in [0.4, 0.5) is 10.1 Å². The number of thioether (sulfide) groups is 1. The standard InChI is InChI=1S/C15H14FN5O3S/c1-21(2)10-4-3-8(13(16)9(10)6-17)7-18-20-15-19-14(24)11(25-15)5-12(22)23/h3-4,7,11H,5H2,1-2H3,(H,22,23)(H,19,20,24). The Kier molecular flexibility index (Phi) is 5.71. The predicted molar refractivity (Wildman–Crippen MR) is 92.2 cm³/mol. The molecule has 10 heteroatoms. The first-order valence-corrected chi connectivity index (χ1v) is 7.91. The number of amides is 1. The zero-order valence-electron chi connectivity index (χ0n) is 13.4. The maximum absolute atomic E-state index is 14.3. The molecule has 0 bridgehead atoms. The zero-order chi connectivity index (χ0) is 18.6. The Hall–Kier alpha value is -2.93. The van der Waals surface area contributed by atoms with Crippen molar-refractivity contribution in [3.05, 3.63) is 29.1 Å². The smallest absolute Gasteiger partial charge is 0.305 e. The molecule has 1 amide bonds. The summed E-state index contributed by atoms with van der Waals surface area (Å²) in [5.41, 5.74) is 0.410. The highest BCUT2D eigenvalue weighted by atomic mass is 32.2. The number of hydrogen-bond donors (Lipinski definition) is 2. The minimum absolute atomic E-state index is 0.0721. The van der Waals surface area contributed by atoms with E-state index in [1.165, 1.54) is 6.07 Å². The highest BCUT2D eigenvalue weighted by Gasteiger charge is 2.32. The Bertz CT molecular complexity index is 816. The number of aliphatic carboxylic acids is 1. The van der Waals surface area contributed by atoms with Gasteiger partial charge in [-0.2, -0.15) is 10.4 Å². The lowest BCUT2D eigenvalue weighted by atomic mass is 10.1. The van der Waals surface area contributed by atoms with E-state index in [1.807, 2.05) is 6.07 Å². The maximum atomic E-state index is 14.3. The van der Waals surface area contributed by atoms with Crippen LogP contribution in [-0.4, -0.2) is 47.7 Å². The summed E-state index contributed by atoms with van der Waals surface area (Å²) >= 11 is 0.942. The van der Waals surface area contributed by atoms with E-state index < -0.39 is 22.9 Å². The fraction of sp³-hybridized carbons (Fsp3) is 0.267. The van der Waals surface area contributed by atoms with E-state index in [0.717, 1.165) is 18.0 Å². The maximum Gasteiger partial charge on any atom is 0.305 e. The van der Waals surface area contributed by atoms with Gasteiger partial charge in [0.05, 0.1) is 18.3 Å². The van der Waals surface area contributed by atoms with E-state index in [1.54, 1.807) is 25.1 Å². The van der Waals surface area contributed by atoms with E-state index in [2.05, 4.69) is 15.5 Å². The summed E-state index contributed by atoms with van der Waals surface area (Å²) in [6.07, 6.45) is 0.797. The lowest BCUT2D eigenvalue weighted by molar-refractivity contribution is -0.138. The molecule has 25 heavy (non-hydrogen) atoms. The second-order valence-electron chi connectivity index (χ2n) is 5.21. The first kappa shape index (κ1) is 18.4. The molecule has 2 rings (SSSR count). The number of nitriles is 1. The quantitative estimate of drug-likeness (QED) is 0.599. The van der Waals surface area contributed by atoms with Crippen molar-refractivity contribution in [1.82, 2.24) is 5.32 Å². The highest BCUT2D eigenvalue weighted by molar-refractivity contribution is 8.15. The molecule has 1 unspecified atom stereocenters. The van der Waals surface area contributed by atoms with Gasteiger partial charge in [-0.15, -0.1) is 5.10 Å². The monoisotopic (exact) mass is 363 g/mol. The van der Waals surface area contributed by atoms with Crippen LogP contribution in [0.3, 0.4) is 0 Å². The van der Waals surface area contributed by atoms with Crippen molar-refractivity contribution in [1.29, 1.82) is 5.26 Å². The molecular weight excluding hydrogens is 349 g/mol. The highest BCUT2D eigenvalue weighted by Crippen LogP contribution is 2.24. The fourth-order valence-corrected chi connectivity index (χ4v) is 2.96. The van der Waals surface area contributed by atoms with E-state index in [0.29, 0.717) is 5.69 Å². The van der Waals surface area contributed by atoms with Crippen molar-refractivity contribution < 1.29 is 19.1 Å². The van der Waals surface area contributed by atoms with Crippen LogP contribution in [0.2, 0.25) is 0 Å². The first-order valence-electron chi connectivity index (χ1n) is 7.03. The van der Waals surface area contributed by atoms with Crippen LogP contribution in [0.1, 0.15) is 17.5 Å². The van der Waals surface area contributed by atoms with E-state index in [4.69, 9.17) is 10.4 Å². The molecule has 1 aliphatic rings. The summed E-state index contributed by atoms with van der Waals surface area (Å²) in [5, 5.41) is 27.0. The molecule has 1 atom stereocenters. The molecule has 1 heterocycles. The van der Waals surface area contributed by atoms with Crippen LogP contribution in [0, 0.1) is 17.1 Å². The molecular formula is C15H14FN5O3S. The Labute approximate surface area is 147 Å². The first-order chi connectivity index (χ1) is 11.8. The molecule has 0 aliphatic carbocycles. The number of anilines is 1. The molecule has 0 radical (unpaired) electrons. The van der Waals surface area contributed by atoms with Crippen LogP contribution in [0.5, 0.6) is 0 Å². The van der Waals surface area contributed by atoms with Gasteiger partial charge in [-0.1, -0.05) is 11.8 Å². The van der Waals surface area contributed by atoms with Gasteiger partial charge in [0, 0.05) is 19.7 Å². The van der Waals surface area contributed by atoms with Crippen molar-refractivity contribution in [2.75, 3.05) is 19.0 Å². The molecule has 2 N–H and O–H groups in total. The lowest BCUT2D eigenvalue weighted by Gasteiger charge is -2.15. The minimum atomic E-state index is -1.09. The lowest BCUT2D eigenvalue weighted by Crippen LogP contribution is -2.26. The van der Waals surface area contributed by atoms with Gasteiger partial charge < -0.3 is 15.3 Å². The molecule has 1 fully saturated rings. The molecule has 1 aromatic carbocycles. The van der Waals surface area contributed by atoms with Crippen LogP contribution < -0.4 is 10.2 Å². The average Bonchev–Trinajstić information content (AvgIpc) is 2.87. The number of benzene rings is 1. The van der Waals surface area contributed by atoms with E-state index in [-0.39, 0.29) is 22.7 Å². The second kappa shape index (κ2) is 7.76. The molecule has 1 aliphatic heterocycles. The number of carboxylic acids is 1. The van der Waals surface area contributed by atoms with Gasteiger partial charge in [0.1, 0.15) is 16.9 Å². The molecule has 0 spiro atoms. The SMILES string of the molecule is CN(C)c1ccc(C=NN=C2NC(=O)C(CC(=O)O)S2)c(F)c1C#N. The number of rotatable bonds is 5. The van der Waals surface area contributed by atoms with Crippen molar-refractivity contribution in [2.24, 2.45) is 10.2 Å². The summed E-state index contributed by atoms with van der Waals surface area (Å²) in [5.74, 6) is -2.27. The van der Waals surface area contributed by atoms with Crippen molar-refractivity contribution in [3.8, 4) is 6.07 Å². The summed E-state index contributed by atoms with van der Waals surface area (Å²) in [6.45, 7) is 0. The number of carbonyl (C=O) groups is 2. The molecule has 0 aromatic heterocycles. The molecule has 130 valence electrons. The minimum Gasteiger partial charge on any atom is -0.481 e. The summed E-state index contributed by atoms with van der Waals surface area (Å²) in [6, 6.07) is 4.87. The van der Waals surface area contributed by atoms with Gasteiger partial charge >= 0.3 is 5.97 Å². The largest absolute Gasteiger partial charge is 0.481 e. The fourth-order valence-electron chi connectivity index (χ4n) is 2.05. The Balaban J connectivity index is 2.17. The van der Waals surface area contributed by atoms with Gasteiger partial charge in [-0.05, 0) is 12.1 Å². The van der Waals surface area contributed by atoms with Gasteiger partial charge in [0.25, 0.3) is 0 Å². The Morgan fingerprint density at radius 1 is 1.56 bits per heavy atom. The Morgan fingerprint density at radius 2 is 2.28 bits per heavy atom. The number of amidine groups is 1. The molecule has 0 saturated carbocycles. The number of nitrogens with one attached hydrogen (secondary N) is 1. The molecule has 1 saturated heterocycles. The van der Waals surface area contributed by atoms with Crippen LogP contribution >= 0.6 is 11.8 Å². The van der Waals surface area contributed by atoms with Gasteiger partial charge in [-0.25, -0.2) is 4.39 Å². The van der Waals surface area contributed by atoms with Crippen LogP contribution in [-0.2, 0) is 9.59 Å². The third kappa shape index (κ3) is 4.33. The third-order valence-corrected chi connectivity index (χ3v) is 4.30. The van der Waals surface area contributed by atoms with Crippen molar-refractivity contribution in [2.45, 2.75) is 11.7 Å². The second-order valence-corrected chi connectivity index (χ2v) is 6.40. The van der Waals surface area contributed by atoms with Crippen LogP contribution in [0.25, 0.3) is 0 Å². The van der Waals surface area contributed by atoms with Crippen molar-refractivity contribution >= 4 is 40.7 Å². The normalized spacial score (nSPS) is 18.4. The third-order valence-electron chi connectivity index (χ3n) is 3.23.